The molecule has 0 aliphatic heterocycles. The van der Waals surface area contributed by atoms with Crippen LogP contribution < -0.4 is 0 Å². The minimum Gasteiger partial charge on any atom is -0.478 e. The number of hydrogen-bond donors (Lipinski definition) is 4. The number of aromatic carboxylic acids is 4. The molecule has 0 aliphatic rings. The van der Waals surface area contributed by atoms with E-state index < -0.39 is 46.1 Å². The van der Waals surface area contributed by atoms with Gasteiger partial charge in [-0.3, -0.25) is 18.3 Å². The Hall–Kier alpha value is -8.04. The zero-order valence-corrected chi connectivity index (χ0v) is 24.9. The summed E-state index contributed by atoms with van der Waals surface area (Å²) < 4.78 is 6.92. The van der Waals surface area contributed by atoms with Crippen LogP contribution in [0.1, 0.15) is 41.4 Å². The molecule has 7 rings (SSSR count). The summed E-state index contributed by atoms with van der Waals surface area (Å²) in [5, 5.41) is 64.8. The molecule has 0 aliphatic carbocycles. The molecule has 6 heterocycles. The number of pyridine rings is 2. The van der Waals surface area contributed by atoms with Crippen LogP contribution in [0.15, 0.2) is 99.1 Å². The van der Waals surface area contributed by atoms with Crippen LogP contribution in [0, 0.1) is 0 Å². The molecular weight excluding hydrogens is 660 g/mol. The largest absolute Gasteiger partial charge is 0.478 e. The predicted octanol–water partition coefficient (Wildman–Crippen LogP) is 0.965. The van der Waals surface area contributed by atoms with E-state index in [1.165, 1.54) is 0 Å². The maximum atomic E-state index is 10.8. The zero-order valence-electron chi connectivity index (χ0n) is 24.9. The van der Waals surface area contributed by atoms with E-state index in [-0.39, 0.29) is 0 Å². The second kappa shape index (κ2) is 15.0. The van der Waals surface area contributed by atoms with Gasteiger partial charge in [0.15, 0.2) is 0 Å². The maximum Gasteiger partial charge on any atom is 0.336 e. The molecule has 6 aromatic heterocycles. The Morgan fingerprint density at radius 1 is 0.380 bits per heavy atom. The average molecular weight is 681 g/mol. The second-order valence-corrected chi connectivity index (χ2v) is 9.35. The number of nitrogens with zero attached hydrogens (tertiary/aromatic N) is 14. The lowest BCUT2D eigenvalue weighted by atomic mass is 9.98. The molecule has 0 bridgehead atoms. The molecule has 50 heavy (non-hydrogen) atoms. The highest BCUT2D eigenvalue weighted by molar-refractivity contribution is 6.09. The van der Waals surface area contributed by atoms with Crippen molar-refractivity contribution in [2.45, 2.75) is 0 Å². The quantitative estimate of drug-likeness (QED) is 0.174. The molecule has 7 aromatic rings. The molecule has 0 radical (unpaired) electrons. The third kappa shape index (κ3) is 7.84. The molecule has 0 fully saturated rings. The summed E-state index contributed by atoms with van der Waals surface area (Å²) in [4.78, 5) is 52.0. The summed E-state index contributed by atoms with van der Waals surface area (Å²) in [6, 6.07) is 12.3. The highest BCUT2D eigenvalue weighted by Gasteiger charge is 2.25. The summed E-state index contributed by atoms with van der Waals surface area (Å²) in [7, 11) is 0. The van der Waals surface area contributed by atoms with Crippen molar-refractivity contribution in [1.29, 1.82) is 0 Å². The number of carboxylic acid groups (broad SMARTS) is 4. The van der Waals surface area contributed by atoms with E-state index in [0.29, 0.717) is 12.1 Å². The Morgan fingerprint density at radius 3 is 0.760 bits per heavy atom. The van der Waals surface area contributed by atoms with Gasteiger partial charge in [-0.1, -0.05) is 12.1 Å². The second-order valence-electron chi connectivity index (χ2n) is 9.35. The third-order valence-corrected chi connectivity index (χ3v) is 6.25. The Labute approximate surface area is 277 Å². The molecular formula is C28H20N14O8. The van der Waals surface area contributed by atoms with Gasteiger partial charge < -0.3 is 20.4 Å². The van der Waals surface area contributed by atoms with Gasteiger partial charge in [-0.05, 0) is 36.4 Å². The minimum absolute atomic E-state index is 0.511. The van der Waals surface area contributed by atoms with Crippen molar-refractivity contribution < 1.29 is 39.6 Å². The van der Waals surface area contributed by atoms with Crippen molar-refractivity contribution in [1.82, 2.24) is 69.0 Å². The Kier molecular flexibility index (Phi) is 10.0. The van der Waals surface area contributed by atoms with E-state index in [0.717, 1.165) is 23.3 Å². The molecule has 22 nitrogen and oxygen atoms in total. The topological polar surface area (TPSA) is 298 Å². The molecule has 4 N–H and O–H groups in total. The van der Waals surface area contributed by atoms with Crippen molar-refractivity contribution in [3.05, 3.63) is 121 Å². The van der Waals surface area contributed by atoms with E-state index in [2.05, 4.69) is 50.8 Å². The molecule has 1 aromatic carbocycles. The van der Waals surface area contributed by atoms with Crippen LogP contribution in [0.25, 0.3) is 23.3 Å². The lowest BCUT2D eigenvalue weighted by Crippen LogP contribution is -2.15. The smallest absolute Gasteiger partial charge is 0.336 e. The van der Waals surface area contributed by atoms with E-state index in [4.69, 9.17) is 20.4 Å². The SMILES string of the molecule is O=C(O)c1cc(C(=O)O)c(C(=O)O)cc1C(=O)O.c1cc(-n2cnnc2)nc(-n2cnnc2)c1.c1cc(-n2cnnc2)nc(-n2cnnc2)c1. The van der Waals surface area contributed by atoms with Crippen LogP contribution in [0.2, 0.25) is 0 Å². The molecule has 0 spiro atoms. The summed E-state index contributed by atoms with van der Waals surface area (Å²) in [5.74, 6) is -3.66. The predicted molar refractivity (Wildman–Crippen MR) is 162 cm³/mol. The lowest BCUT2D eigenvalue weighted by Gasteiger charge is -2.06. The van der Waals surface area contributed by atoms with Gasteiger partial charge in [0.1, 0.15) is 73.9 Å². The number of carbonyl (C=O) groups is 4. The van der Waals surface area contributed by atoms with Crippen molar-refractivity contribution in [2.75, 3.05) is 0 Å². The van der Waals surface area contributed by atoms with Gasteiger partial charge in [0, 0.05) is 0 Å². The highest BCUT2D eigenvalue weighted by atomic mass is 16.4. The Balaban J connectivity index is 0.000000146. The summed E-state index contributed by atoms with van der Waals surface area (Å²) in [5.41, 5.74) is -3.15. The molecule has 0 saturated carbocycles. The fraction of sp³-hybridized carbons (Fsp3) is 0. The van der Waals surface area contributed by atoms with Crippen LogP contribution in [-0.2, 0) is 0 Å². The first-order valence-electron chi connectivity index (χ1n) is 13.6. The maximum absolute atomic E-state index is 10.8. The first-order chi connectivity index (χ1) is 24.1. The van der Waals surface area contributed by atoms with Crippen LogP contribution in [0.5, 0.6) is 0 Å². The zero-order chi connectivity index (χ0) is 35.6. The standard InChI is InChI=1S/C10H6O8.2C9H7N7/c11-7(12)3-1-4(8(13)14)6(10(17)18)2-5(3)9(15)16;2*1-2-8(15-4-10-11-5-15)14-9(3-1)16-6-12-13-7-16/h1-2H,(H,11,12)(H,13,14)(H,15,16)(H,17,18);2*1-7H. The number of benzene rings is 1. The van der Waals surface area contributed by atoms with Crippen molar-refractivity contribution in [3.8, 4) is 23.3 Å². The Morgan fingerprint density at radius 2 is 0.580 bits per heavy atom. The van der Waals surface area contributed by atoms with Crippen molar-refractivity contribution in [2.24, 2.45) is 0 Å². The molecule has 0 unspecified atom stereocenters. The van der Waals surface area contributed by atoms with Crippen molar-refractivity contribution in [3.63, 3.8) is 0 Å². The molecule has 250 valence electrons. The lowest BCUT2D eigenvalue weighted by molar-refractivity contribution is 0.0637. The van der Waals surface area contributed by atoms with Gasteiger partial charge in [0.2, 0.25) is 0 Å². The number of rotatable bonds is 8. The van der Waals surface area contributed by atoms with E-state index in [1.807, 2.05) is 36.4 Å². The monoisotopic (exact) mass is 680 g/mol. The van der Waals surface area contributed by atoms with Gasteiger partial charge in [0.25, 0.3) is 0 Å². The van der Waals surface area contributed by atoms with Gasteiger partial charge in [-0.15, -0.1) is 40.8 Å². The van der Waals surface area contributed by atoms with Gasteiger partial charge >= 0.3 is 23.9 Å². The van der Waals surface area contributed by atoms with Crippen molar-refractivity contribution >= 4 is 23.9 Å². The molecule has 0 amide bonds. The first kappa shape index (κ1) is 33.3. The van der Waals surface area contributed by atoms with Gasteiger partial charge in [-0.25, -0.2) is 29.1 Å². The number of hydrogen-bond acceptors (Lipinski definition) is 14. The summed E-state index contributed by atoms with van der Waals surface area (Å²) in [6.45, 7) is 0. The number of carboxylic acids is 4. The van der Waals surface area contributed by atoms with E-state index >= 15 is 0 Å². The van der Waals surface area contributed by atoms with Gasteiger partial charge in [-0.2, -0.15) is 0 Å². The van der Waals surface area contributed by atoms with E-state index in [9.17, 15) is 19.2 Å². The van der Waals surface area contributed by atoms with Gasteiger partial charge in [0.05, 0.1) is 22.3 Å². The van der Waals surface area contributed by atoms with Crippen LogP contribution in [0.4, 0.5) is 0 Å². The molecule has 0 saturated heterocycles. The molecule has 22 heteroatoms. The Bertz CT molecular complexity index is 1930. The fourth-order valence-corrected chi connectivity index (χ4v) is 3.98. The first-order valence-corrected chi connectivity index (χ1v) is 13.6. The minimum atomic E-state index is -1.66. The number of aromatic nitrogens is 14. The normalized spacial score (nSPS) is 10.2. The summed E-state index contributed by atoms with van der Waals surface area (Å²) >= 11 is 0. The fourth-order valence-electron chi connectivity index (χ4n) is 3.98. The third-order valence-electron chi connectivity index (χ3n) is 6.25. The average Bonchev–Trinajstić information content (AvgIpc) is 3.96. The molecule has 0 atom stereocenters. The van der Waals surface area contributed by atoms with Crippen LogP contribution in [0.3, 0.4) is 0 Å². The van der Waals surface area contributed by atoms with Crippen LogP contribution in [-0.4, -0.2) is 113 Å². The highest BCUT2D eigenvalue weighted by Crippen LogP contribution is 2.18. The van der Waals surface area contributed by atoms with E-state index in [1.54, 1.807) is 68.9 Å². The summed E-state index contributed by atoms with van der Waals surface area (Å²) in [6.07, 6.45) is 12.8. The van der Waals surface area contributed by atoms with Crippen LogP contribution >= 0.6 is 0 Å².